The lowest BCUT2D eigenvalue weighted by atomic mass is 9.97. The highest BCUT2D eigenvalue weighted by Gasteiger charge is 2.27. The number of ether oxygens (including phenoxy) is 1. The summed E-state index contributed by atoms with van der Waals surface area (Å²) in [7, 11) is 0. The van der Waals surface area contributed by atoms with Crippen LogP contribution in [0.1, 0.15) is 30.2 Å². The van der Waals surface area contributed by atoms with Crippen LogP contribution < -0.4 is 10.2 Å². The molecule has 1 aliphatic heterocycles. The van der Waals surface area contributed by atoms with E-state index in [0.29, 0.717) is 19.1 Å². The van der Waals surface area contributed by atoms with E-state index in [9.17, 15) is 9.18 Å². The van der Waals surface area contributed by atoms with Gasteiger partial charge in [-0.15, -0.1) is 11.3 Å². The average Bonchev–Trinajstić information content (AvgIpc) is 3.13. The van der Waals surface area contributed by atoms with Crippen LogP contribution in [0.3, 0.4) is 0 Å². The van der Waals surface area contributed by atoms with E-state index in [1.54, 1.807) is 23.5 Å². The second kappa shape index (κ2) is 8.95. The van der Waals surface area contributed by atoms with Crippen molar-refractivity contribution >= 4 is 39.3 Å². The van der Waals surface area contributed by atoms with Crippen molar-refractivity contribution in [2.24, 2.45) is 5.92 Å². The number of anilines is 2. The molecule has 1 aromatic carbocycles. The summed E-state index contributed by atoms with van der Waals surface area (Å²) < 4.78 is 18.3. The Morgan fingerprint density at radius 2 is 2.00 bits per heavy atom. The summed E-state index contributed by atoms with van der Waals surface area (Å²) in [4.78, 5) is 25.8. The Morgan fingerprint density at radius 3 is 2.70 bits per heavy atom. The number of carbonyl (C=O) groups is 1. The standard InChI is InChI=1S/C22H25FN4O2S/c1-3-29-21(28)16-8-10-27(11-9-16)22-25-19(18-12-14(2)30-20(18)26-22)24-13-15-4-6-17(23)7-5-15/h4-7,12,16H,3,8-11,13H2,1-2H3,(H,24,25,26). The second-order valence-electron chi connectivity index (χ2n) is 7.44. The fourth-order valence-corrected chi connectivity index (χ4v) is 4.54. The molecule has 0 bridgehead atoms. The number of halogens is 1. The maximum atomic E-state index is 13.2. The minimum atomic E-state index is -0.245. The molecule has 2 aromatic heterocycles. The number of fused-ring (bicyclic) bond motifs is 1. The van der Waals surface area contributed by atoms with Crippen LogP contribution in [-0.2, 0) is 16.1 Å². The van der Waals surface area contributed by atoms with E-state index >= 15 is 0 Å². The van der Waals surface area contributed by atoms with E-state index in [0.717, 1.165) is 47.5 Å². The summed E-state index contributed by atoms with van der Waals surface area (Å²) in [5, 5.41) is 4.38. The Morgan fingerprint density at radius 1 is 1.27 bits per heavy atom. The van der Waals surface area contributed by atoms with Gasteiger partial charge in [-0.2, -0.15) is 4.98 Å². The van der Waals surface area contributed by atoms with Gasteiger partial charge in [0, 0.05) is 24.5 Å². The molecule has 0 spiro atoms. The van der Waals surface area contributed by atoms with Gasteiger partial charge in [0.1, 0.15) is 16.5 Å². The average molecular weight is 429 g/mol. The summed E-state index contributed by atoms with van der Waals surface area (Å²) in [6, 6.07) is 8.53. The smallest absolute Gasteiger partial charge is 0.309 e. The first-order chi connectivity index (χ1) is 14.5. The number of aryl methyl sites for hydroxylation is 1. The molecule has 3 aromatic rings. The van der Waals surface area contributed by atoms with Crippen molar-refractivity contribution in [2.75, 3.05) is 29.9 Å². The first-order valence-corrected chi connectivity index (χ1v) is 11.0. The topological polar surface area (TPSA) is 67.3 Å². The summed E-state index contributed by atoms with van der Waals surface area (Å²) in [6.07, 6.45) is 1.48. The van der Waals surface area contributed by atoms with Crippen LogP contribution in [0.5, 0.6) is 0 Å². The number of nitrogens with zero attached hydrogens (tertiary/aromatic N) is 3. The van der Waals surface area contributed by atoms with Gasteiger partial charge in [-0.25, -0.2) is 9.37 Å². The normalized spacial score (nSPS) is 14.8. The van der Waals surface area contributed by atoms with Crippen molar-refractivity contribution in [1.82, 2.24) is 9.97 Å². The van der Waals surface area contributed by atoms with Crippen LogP contribution in [0.25, 0.3) is 10.2 Å². The van der Waals surface area contributed by atoms with Crippen LogP contribution in [0.4, 0.5) is 16.2 Å². The number of benzene rings is 1. The molecule has 8 heteroatoms. The van der Waals surface area contributed by atoms with Crippen molar-refractivity contribution in [1.29, 1.82) is 0 Å². The fourth-order valence-electron chi connectivity index (χ4n) is 3.67. The Bertz CT molecular complexity index is 1030. The molecule has 6 nitrogen and oxygen atoms in total. The Kier molecular flexibility index (Phi) is 6.13. The van der Waals surface area contributed by atoms with E-state index in [2.05, 4.69) is 23.2 Å². The molecule has 3 heterocycles. The molecule has 0 amide bonds. The zero-order valence-corrected chi connectivity index (χ0v) is 18.0. The number of thiophene rings is 1. The number of esters is 1. The molecule has 1 aliphatic rings. The minimum Gasteiger partial charge on any atom is -0.466 e. The third-order valence-electron chi connectivity index (χ3n) is 5.28. The molecular formula is C22H25FN4O2S. The molecule has 30 heavy (non-hydrogen) atoms. The summed E-state index contributed by atoms with van der Waals surface area (Å²) in [5.74, 6) is 1.05. The zero-order valence-electron chi connectivity index (χ0n) is 17.2. The molecule has 0 atom stereocenters. The van der Waals surface area contributed by atoms with Gasteiger partial charge in [0.05, 0.1) is 17.9 Å². The number of piperidine rings is 1. The number of hydrogen-bond acceptors (Lipinski definition) is 7. The van der Waals surface area contributed by atoms with Crippen LogP contribution in [0.2, 0.25) is 0 Å². The monoisotopic (exact) mass is 428 g/mol. The van der Waals surface area contributed by atoms with Gasteiger partial charge in [0.15, 0.2) is 0 Å². The van der Waals surface area contributed by atoms with E-state index in [4.69, 9.17) is 14.7 Å². The van der Waals surface area contributed by atoms with Gasteiger partial charge in [-0.3, -0.25) is 4.79 Å². The zero-order chi connectivity index (χ0) is 21.1. The van der Waals surface area contributed by atoms with Crippen LogP contribution in [0, 0.1) is 18.7 Å². The van der Waals surface area contributed by atoms with E-state index < -0.39 is 0 Å². The van der Waals surface area contributed by atoms with E-state index in [-0.39, 0.29) is 17.7 Å². The van der Waals surface area contributed by atoms with E-state index in [1.165, 1.54) is 17.0 Å². The molecule has 0 radical (unpaired) electrons. The summed E-state index contributed by atoms with van der Waals surface area (Å²) in [6.45, 7) is 6.29. The second-order valence-corrected chi connectivity index (χ2v) is 8.68. The van der Waals surface area contributed by atoms with Crippen molar-refractivity contribution in [3.63, 3.8) is 0 Å². The molecule has 0 aliphatic carbocycles. The van der Waals surface area contributed by atoms with E-state index in [1.807, 2.05) is 6.92 Å². The van der Waals surface area contributed by atoms with Gasteiger partial charge in [-0.05, 0) is 50.5 Å². The van der Waals surface area contributed by atoms with Crippen molar-refractivity contribution in [3.05, 3.63) is 46.6 Å². The number of hydrogen-bond donors (Lipinski definition) is 1. The first kappa shape index (κ1) is 20.5. The molecule has 4 rings (SSSR count). The quantitative estimate of drug-likeness (QED) is 0.582. The SMILES string of the molecule is CCOC(=O)C1CCN(c2nc(NCc3ccc(F)cc3)c3cc(C)sc3n2)CC1. The Hall–Kier alpha value is -2.74. The van der Waals surface area contributed by atoms with Gasteiger partial charge in [0.2, 0.25) is 5.95 Å². The Labute approximate surface area is 179 Å². The fraction of sp³-hybridized carbons (Fsp3) is 0.409. The van der Waals surface area contributed by atoms with Crippen molar-refractivity contribution in [3.8, 4) is 0 Å². The largest absolute Gasteiger partial charge is 0.466 e. The molecule has 1 fully saturated rings. The van der Waals surface area contributed by atoms with Crippen LogP contribution in [-0.4, -0.2) is 35.6 Å². The maximum Gasteiger partial charge on any atom is 0.309 e. The van der Waals surface area contributed by atoms with Gasteiger partial charge in [-0.1, -0.05) is 12.1 Å². The first-order valence-electron chi connectivity index (χ1n) is 10.2. The third-order valence-corrected chi connectivity index (χ3v) is 6.22. The van der Waals surface area contributed by atoms with Gasteiger partial charge < -0.3 is 15.0 Å². The predicted molar refractivity (Wildman–Crippen MR) is 117 cm³/mol. The highest BCUT2D eigenvalue weighted by Crippen LogP contribution is 2.32. The number of aromatic nitrogens is 2. The number of nitrogens with one attached hydrogen (secondary N) is 1. The molecular weight excluding hydrogens is 403 g/mol. The third kappa shape index (κ3) is 4.53. The molecule has 1 saturated heterocycles. The Balaban J connectivity index is 1.53. The van der Waals surface area contributed by atoms with Gasteiger partial charge >= 0.3 is 5.97 Å². The molecule has 158 valence electrons. The number of carbonyl (C=O) groups excluding carboxylic acids is 1. The van der Waals surface area contributed by atoms with Crippen molar-refractivity contribution < 1.29 is 13.9 Å². The maximum absolute atomic E-state index is 13.2. The summed E-state index contributed by atoms with van der Waals surface area (Å²) in [5.41, 5.74) is 0.979. The van der Waals surface area contributed by atoms with Crippen molar-refractivity contribution in [2.45, 2.75) is 33.2 Å². The molecule has 1 N–H and O–H groups in total. The van der Waals surface area contributed by atoms with Gasteiger partial charge in [0.25, 0.3) is 0 Å². The molecule has 0 unspecified atom stereocenters. The molecule has 0 saturated carbocycles. The lowest BCUT2D eigenvalue weighted by molar-refractivity contribution is -0.148. The van der Waals surface area contributed by atoms with Crippen LogP contribution in [0.15, 0.2) is 30.3 Å². The lowest BCUT2D eigenvalue weighted by Crippen LogP contribution is -2.38. The highest BCUT2D eigenvalue weighted by atomic mass is 32.1. The number of rotatable bonds is 6. The summed E-state index contributed by atoms with van der Waals surface area (Å²) >= 11 is 1.64. The van der Waals surface area contributed by atoms with Crippen LogP contribution >= 0.6 is 11.3 Å². The highest BCUT2D eigenvalue weighted by molar-refractivity contribution is 7.18. The lowest BCUT2D eigenvalue weighted by Gasteiger charge is -2.31. The minimum absolute atomic E-state index is 0.0509. The predicted octanol–water partition coefficient (Wildman–Crippen LogP) is 4.53.